The summed E-state index contributed by atoms with van der Waals surface area (Å²) in [6, 6.07) is 5.93. The van der Waals surface area contributed by atoms with Crippen molar-refractivity contribution < 1.29 is 9.53 Å². The zero-order valence-corrected chi connectivity index (χ0v) is 11.9. The fraction of sp³-hybridized carbons (Fsp3) is 0.500. The molecular formula is C14H20ClNO2. The van der Waals surface area contributed by atoms with Crippen molar-refractivity contribution >= 4 is 17.5 Å². The standard InChI is InChI=1S/C14H20ClNO2/c1-10-4-5-12(6-11(10)2)7-14(17)16-13(8-15)9-18-3/h4-6,13H,7-9H2,1-3H3,(H,16,17). The van der Waals surface area contributed by atoms with Gasteiger partial charge in [-0.2, -0.15) is 0 Å². The smallest absolute Gasteiger partial charge is 0.224 e. The summed E-state index contributed by atoms with van der Waals surface area (Å²) < 4.78 is 4.98. The normalized spacial score (nSPS) is 12.2. The lowest BCUT2D eigenvalue weighted by molar-refractivity contribution is -0.121. The van der Waals surface area contributed by atoms with Gasteiger partial charge in [0.05, 0.1) is 19.1 Å². The van der Waals surface area contributed by atoms with Crippen molar-refractivity contribution in [3.63, 3.8) is 0 Å². The molecule has 3 nitrogen and oxygen atoms in total. The summed E-state index contributed by atoms with van der Waals surface area (Å²) in [5.74, 6) is 0.327. The van der Waals surface area contributed by atoms with Crippen LogP contribution < -0.4 is 5.32 Å². The minimum atomic E-state index is -0.129. The number of aryl methyl sites for hydroxylation is 2. The molecule has 1 unspecified atom stereocenters. The molecule has 1 aromatic rings. The summed E-state index contributed by atoms with van der Waals surface area (Å²) in [6.07, 6.45) is 0.373. The van der Waals surface area contributed by atoms with Crippen molar-refractivity contribution in [3.8, 4) is 0 Å². The molecule has 0 aliphatic heterocycles. The number of rotatable bonds is 6. The number of alkyl halides is 1. The van der Waals surface area contributed by atoms with Crippen LogP contribution in [-0.2, 0) is 16.0 Å². The zero-order valence-electron chi connectivity index (χ0n) is 11.1. The van der Waals surface area contributed by atoms with E-state index in [1.54, 1.807) is 7.11 Å². The first-order valence-electron chi connectivity index (χ1n) is 5.97. The molecule has 100 valence electrons. The van der Waals surface area contributed by atoms with Crippen molar-refractivity contribution in [1.29, 1.82) is 0 Å². The Hall–Kier alpha value is -1.06. The van der Waals surface area contributed by atoms with E-state index in [9.17, 15) is 4.79 Å². The number of methoxy groups -OCH3 is 1. The number of halogens is 1. The Labute approximate surface area is 113 Å². The Morgan fingerprint density at radius 2 is 2.11 bits per heavy atom. The minimum Gasteiger partial charge on any atom is -0.383 e. The monoisotopic (exact) mass is 269 g/mol. The molecular weight excluding hydrogens is 250 g/mol. The molecule has 0 radical (unpaired) electrons. The quantitative estimate of drug-likeness (QED) is 0.804. The minimum absolute atomic E-state index is 0.0269. The van der Waals surface area contributed by atoms with Crippen LogP contribution in [0.15, 0.2) is 18.2 Å². The predicted octanol–water partition coefficient (Wildman–Crippen LogP) is 2.22. The topological polar surface area (TPSA) is 38.3 Å². The second kappa shape index (κ2) is 7.39. The van der Waals surface area contributed by atoms with E-state index in [4.69, 9.17) is 16.3 Å². The highest BCUT2D eigenvalue weighted by Crippen LogP contribution is 2.10. The van der Waals surface area contributed by atoms with Crippen LogP contribution in [0.1, 0.15) is 16.7 Å². The van der Waals surface area contributed by atoms with E-state index in [1.807, 2.05) is 25.1 Å². The van der Waals surface area contributed by atoms with E-state index >= 15 is 0 Å². The maximum absolute atomic E-state index is 11.8. The van der Waals surface area contributed by atoms with E-state index in [0.29, 0.717) is 18.9 Å². The first kappa shape index (κ1) is 15.0. The SMILES string of the molecule is COCC(CCl)NC(=O)Cc1ccc(C)c(C)c1. The van der Waals surface area contributed by atoms with Gasteiger partial charge in [-0.25, -0.2) is 0 Å². The summed E-state index contributed by atoms with van der Waals surface area (Å²) in [5.41, 5.74) is 3.45. The molecule has 18 heavy (non-hydrogen) atoms. The number of benzene rings is 1. The summed E-state index contributed by atoms with van der Waals surface area (Å²) >= 11 is 5.74. The summed E-state index contributed by atoms with van der Waals surface area (Å²) in [7, 11) is 1.59. The second-order valence-corrected chi connectivity index (χ2v) is 4.78. The first-order valence-corrected chi connectivity index (χ1v) is 6.50. The van der Waals surface area contributed by atoms with Crippen molar-refractivity contribution in [1.82, 2.24) is 5.32 Å². The third-order valence-corrected chi connectivity index (χ3v) is 3.23. The van der Waals surface area contributed by atoms with E-state index < -0.39 is 0 Å². The number of hydrogen-bond acceptors (Lipinski definition) is 2. The van der Waals surface area contributed by atoms with Gasteiger partial charge < -0.3 is 10.1 Å². The Morgan fingerprint density at radius 3 is 2.67 bits per heavy atom. The van der Waals surface area contributed by atoms with Crippen molar-refractivity contribution in [2.45, 2.75) is 26.3 Å². The van der Waals surface area contributed by atoms with Gasteiger partial charge >= 0.3 is 0 Å². The molecule has 1 rings (SSSR count). The zero-order chi connectivity index (χ0) is 13.5. The number of hydrogen-bond donors (Lipinski definition) is 1. The molecule has 1 amide bonds. The van der Waals surface area contributed by atoms with Gasteiger partial charge in [-0.3, -0.25) is 4.79 Å². The fourth-order valence-electron chi connectivity index (χ4n) is 1.70. The lowest BCUT2D eigenvalue weighted by Gasteiger charge is -2.15. The van der Waals surface area contributed by atoms with Gasteiger partial charge in [-0.1, -0.05) is 18.2 Å². The van der Waals surface area contributed by atoms with E-state index in [1.165, 1.54) is 11.1 Å². The molecule has 0 bridgehead atoms. The van der Waals surface area contributed by atoms with Crippen LogP contribution in [-0.4, -0.2) is 31.5 Å². The largest absolute Gasteiger partial charge is 0.383 e. The van der Waals surface area contributed by atoms with Gasteiger partial charge in [0.2, 0.25) is 5.91 Å². The maximum atomic E-state index is 11.8. The average molecular weight is 270 g/mol. The van der Waals surface area contributed by atoms with E-state index in [2.05, 4.69) is 12.2 Å². The van der Waals surface area contributed by atoms with Gasteiger partial charge in [0.25, 0.3) is 0 Å². The Bertz CT molecular complexity index is 407. The molecule has 1 atom stereocenters. The van der Waals surface area contributed by atoms with Crippen molar-refractivity contribution in [3.05, 3.63) is 34.9 Å². The van der Waals surface area contributed by atoms with E-state index in [0.717, 1.165) is 5.56 Å². The third-order valence-electron chi connectivity index (χ3n) is 2.86. The highest BCUT2D eigenvalue weighted by atomic mass is 35.5. The average Bonchev–Trinajstić information content (AvgIpc) is 2.33. The highest BCUT2D eigenvalue weighted by Gasteiger charge is 2.11. The lowest BCUT2D eigenvalue weighted by atomic mass is 10.0. The molecule has 0 aliphatic carbocycles. The molecule has 0 aliphatic rings. The van der Waals surface area contributed by atoms with Crippen LogP contribution in [0.4, 0.5) is 0 Å². The molecule has 1 N–H and O–H groups in total. The highest BCUT2D eigenvalue weighted by molar-refractivity contribution is 6.18. The fourth-order valence-corrected chi connectivity index (χ4v) is 1.87. The summed E-state index contributed by atoms with van der Waals surface area (Å²) in [4.78, 5) is 11.8. The van der Waals surface area contributed by atoms with Crippen LogP contribution in [0.3, 0.4) is 0 Å². The van der Waals surface area contributed by atoms with Crippen LogP contribution in [0, 0.1) is 13.8 Å². The number of carbonyl (C=O) groups is 1. The lowest BCUT2D eigenvalue weighted by Crippen LogP contribution is -2.40. The Morgan fingerprint density at radius 1 is 1.39 bits per heavy atom. The number of amides is 1. The molecule has 0 fully saturated rings. The van der Waals surface area contributed by atoms with Crippen molar-refractivity contribution in [2.75, 3.05) is 19.6 Å². The molecule has 0 spiro atoms. The molecule has 0 heterocycles. The first-order chi connectivity index (χ1) is 8.56. The van der Waals surface area contributed by atoms with E-state index in [-0.39, 0.29) is 11.9 Å². The van der Waals surface area contributed by atoms with Crippen molar-refractivity contribution in [2.24, 2.45) is 0 Å². The van der Waals surface area contributed by atoms with Gasteiger partial charge in [-0.05, 0) is 30.5 Å². The van der Waals surface area contributed by atoms with Gasteiger partial charge in [0.1, 0.15) is 0 Å². The summed E-state index contributed by atoms with van der Waals surface area (Å²) in [5, 5.41) is 2.85. The number of nitrogens with one attached hydrogen (secondary N) is 1. The Balaban J connectivity index is 2.55. The maximum Gasteiger partial charge on any atom is 0.224 e. The molecule has 0 saturated carbocycles. The predicted molar refractivity (Wildman–Crippen MR) is 74.1 cm³/mol. The summed E-state index contributed by atoms with van der Waals surface area (Å²) in [6.45, 7) is 4.53. The van der Waals surface area contributed by atoms with Crippen LogP contribution in [0.25, 0.3) is 0 Å². The second-order valence-electron chi connectivity index (χ2n) is 4.47. The number of ether oxygens (including phenoxy) is 1. The van der Waals surface area contributed by atoms with Crippen LogP contribution in [0.5, 0.6) is 0 Å². The van der Waals surface area contributed by atoms with Gasteiger partial charge in [0.15, 0.2) is 0 Å². The Kier molecular flexibility index (Phi) is 6.16. The molecule has 4 heteroatoms. The van der Waals surface area contributed by atoms with Gasteiger partial charge in [0, 0.05) is 13.0 Å². The third kappa shape index (κ3) is 4.67. The molecule has 1 aromatic carbocycles. The molecule has 0 aromatic heterocycles. The van der Waals surface area contributed by atoms with Crippen LogP contribution in [0.2, 0.25) is 0 Å². The van der Waals surface area contributed by atoms with Crippen LogP contribution >= 0.6 is 11.6 Å². The molecule has 0 saturated heterocycles. The number of carbonyl (C=O) groups excluding carboxylic acids is 1. The van der Waals surface area contributed by atoms with Gasteiger partial charge in [-0.15, -0.1) is 11.6 Å².